The number of hydrogen-bond donors (Lipinski definition) is 2. The second-order valence-corrected chi connectivity index (χ2v) is 6.80. The largest absolute Gasteiger partial charge is 0.508 e. The van der Waals surface area contributed by atoms with Crippen molar-refractivity contribution < 1.29 is 19.1 Å². The van der Waals surface area contributed by atoms with Gasteiger partial charge in [-0.2, -0.15) is 0 Å². The smallest absolute Gasteiger partial charge is 0.258 e. The molecule has 6 nitrogen and oxygen atoms in total. The second kappa shape index (κ2) is 5.54. The number of hydrogen-bond acceptors (Lipinski definition) is 4. The van der Waals surface area contributed by atoms with E-state index in [1.807, 2.05) is 4.90 Å². The highest BCUT2D eigenvalue weighted by molar-refractivity contribution is 6.06. The number of phenols is 1. The van der Waals surface area contributed by atoms with Crippen molar-refractivity contribution >= 4 is 22.8 Å². The molecule has 2 aromatic rings. The number of furan rings is 1. The van der Waals surface area contributed by atoms with E-state index in [4.69, 9.17) is 4.42 Å². The Morgan fingerprint density at radius 2 is 1.96 bits per heavy atom. The number of phenolic OH excluding ortho intramolecular Hbond substituents is 1. The van der Waals surface area contributed by atoms with E-state index in [0.717, 1.165) is 31.1 Å². The Morgan fingerprint density at radius 1 is 1.25 bits per heavy atom. The maximum atomic E-state index is 13.1. The van der Waals surface area contributed by atoms with E-state index in [1.54, 1.807) is 12.1 Å². The molecule has 2 aliphatic rings. The van der Waals surface area contributed by atoms with Crippen LogP contribution >= 0.6 is 0 Å². The molecule has 2 saturated heterocycles. The van der Waals surface area contributed by atoms with Crippen molar-refractivity contribution in [2.24, 2.45) is 0 Å². The fraction of sp³-hybridized carbons (Fsp3) is 0.444. The summed E-state index contributed by atoms with van der Waals surface area (Å²) in [6.07, 6.45) is 5.04. The first-order valence-corrected chi connectivity index (χ1v) is 8.33. The van der Waals surface area contributed by atoms with E-state index >= 15 is 0 Å². The molecule has 6 heteroatoms. The summed E-state index contributed by atoms with van der Waals surface area (Å²) in [5, 5.41) is 13.2. The Kier molecular flexibility index (Phi) is 3.48. The zero-order valence-electron chi connectivity index (χ0n) is 13.5. The Morgan fingerprint density at radius 3 is 2.62 bits per heavy atom. The molecule has 0 unspecified atom stereocenters. The van der Waals surface area contributed by atoms with Crippen LogP contribution in [0.15, 0.2) is 28.9 Å². The predicted molar refractivity (Wildman–Crippen MR) is 87.7 cm³/mol. The fourth-order valence-corrected chi connectivity index (χ4v) is 4.24. The lowest BCUT2D eigenvalue weighted by Gasteiger charge is -2.39. The third-order valence-electron chi connectivity index (χ3n) is 5.16. The lowest BCUT2D eigenvalue weighted by Crippen LogP contribution is -2.52. The standard InChI is InChI=1S/C18H20N2O4/c1-10(21)19-11-6-12-2-3-13(7-11)20(12)18(23)16-9-24-17-8-14(22)4-5-15(16)17/h4-5,8-9,11-13,22H,2-3,6-7H2,1H3,(H,19,21)/t11-,12+,13-. The van der Waals surface area contributed by atoms with Crippen LogP contribution in [0.4, 0.5) is 0 Å². The summed E-state index contributed by atoms with van der Waals surface area (Å²) in [4.78, 5) is 26.3. The van der Waals surface area contributed by atoms with Gasteiger partial charge < -0.3 is 19.7 Å². The van der Waals surface area contributed by atoms with Gasteiger partial charge in [-0.25, -0.2) is 0 Å². The van der Waals surface area contributed by atoms with Crippen LogP contribution in [0.1, 0.15) is 43.0 Å². The van der Waals surface area contributed by atoms with E-state index in [9.17, 15) is 14.7 Å². The molecule has 0 saturated carbocycles. The minimum absolute atomic E-state index is 0.0141. The number of aromatic hydroxyl groups is 1. The summed E-state index contributed by atoms with van der Waals surface area (Å²) in [5.74, 6) is 0.0834. The quantitative estimate of drug-likeness (QED) is 0.887. The molecule has 0 spiro atoms. The van der Waals surface area contributed by atoms with Gasteiger partial charge in [0.15, 0.2) is 0 Å². The van der Waals surface area contributed by atoms with Crippen LogP contribution in [0.3, 0.4) is 0 Å². The normalized spacial score (nSPS) is 25.9. The van der Waals surface area contributed by atoms with Gasteiger partial charge in [0, 0.05) is 36.5 Å². The van der Waals surface area contributed by atoms with Gasteiger partial charge in [-0.05, 0) is 37.8 Å². The van der Waals surface area contributed by atoms with Crippen LogP contribution in [0, 0.1) is 0 Å². The van der Waals surface area contributed by atoms with Crippen LogP contribution in [-0.2, 0) is 4.79 Å². The second-order valence-electron chi connectivity index (χ2n) is 6.80. The molecule has 2 N–H and O–H groups in total. The lowest BCUT2D eigenvalue weighted by atomic mass is 9.96. The first-order chi connectivity index (χ1) is 11.5. The average molecular weight is 328 g/mol. The Labute approximate surface area is 139 Å². The number of piperidine rings is 1. The molecular formula is C18H20N2O4. The van der Waals surface area contributed by atoms with Crippen molar-refractivity contribution in [1.82, 2.24) is 10.2 Å². The van der Waals surface area contributed by atoms with Gasteiger partial charge in [-0.15, -0.1) is 0 Å². The van der Waals surface area contributed by atoms with E-state index in [1.165, 1.54) is 19.3 Å². The summed E-state index contributed by atoms with van der Waals surface area (Å²) in [6.45, 7) is 1.53. The first kappa shape index (κ1) is 15.1. The number of fused-ring (bicyclic) bond motifs is 3. The van der Waals surface area contributed by atoms with Crippen LogP contribution in [0.25, 0.3) is 11.0 Å². The van der Waals surface area contributed by atoms with Gasteiger partial charge in [-0.1, -0.05) is 0 Å². The minimum Gasteiger partial charge on any atom is -0.508 e. The molecule has 24 heavy (non-hydrogen) atoms. The van der Waals surface area contributed by atoms with Crippen LogP contribution in [0.2, 0.25) is 0 Å². The van der Waals surface area contributed by atoms with E-state index < -0.39 is 0 Å². The molecule has 0 aliphatic carbocycles. The van der Waals surface area contributed by atoms with Crippen LogP contribution in [0.5, 0.6) is 5.75 Å². The Balaban J connectivity index is 1.60. The van der Waals surface area contributed by atoms with Gasteiger partial charge in [0.25, 0.3) is 5.91 Å². The summed E-state index contributed by atoms with van der Waals surface area (Å²) in [7, 11) is 0. The molecule has 2 bridgehead atoms. The summed E-state index contributed by atoms with van der Waals surface area (Å²) in [5.41, 5.74) is 1.05. The predicted octanol–water partition coefficient (Wildman–Crippen LogP) is 2.41. The Bertz CT molecular complexity index is 798. The maximum absolute atomic E-state index is 13.1. The molecule has 1 aromatic carbocycles. The highest BCUT2D eigenvalue weighted by Gasteiger charge is 2.44. The number of carbonyl (C=O) groups excluding carboxylic acids is 2. The van der Waals surface area contributed by atoms with Crippen molar-refractivity contribution in [3.05, 3.63) is 30.0 Å². The third-order valence-corrected chi connectivity index (χ3v) is 5.16. The Hall–Kier alpha value is -2.50. The van der Waals surface area contributed by atoms with Crippen molar-refractivity contribution in [3.8, 4) is 5.75 Å². The monoisotopic (exact) mass is 328 g/mol. The van der Waals surface area contributed by atoms with Gasteiger partial charge in [0.2, 0.25) is 5.91 Å². The van der Waals surface area contributed by atoms with Gasteiger partial charge in [0.05, 0.1) is 5.56 Å². The third kappa shape index (κ3) is 2.42. The molecule has 126 valence electrons. The number of benzene rings is 1. The molecule has 2 amide bonds. The van der Waals surface area contributed by atoms with Crippen molar-refractivity contribution in [3.63, 3.8) is 0 Å². The van der Waals surface area contributed by atoms with Crippen molar-refractivity contribution in [2.75, 3.05) is 0 Å². The van der Waals surface area contributed by atoms with Crippen LogP contribution in [-0.4, -0.2) is 39.9 Å². The molecule has 3 heterocycles. The van der Waals surface area contributed by atoms with Gasteiger partial charge >= 0.3 is 0 Å². The van der Waals surface area contributed by atoms with E-state index in [-0.39, 0.29) is 35.7 Å². The van der Waals surface area contributed by atoms with Crippen molar-refractivity contribution in [1.29, 1.82) is 0 Å². The summed E-state index contributed by atoms with van der Waals surface area (Å²) in [6, 6.07) is 5.27. The summed E-state index contributed by atoms with van der Waals surface area (Å²) >= 11 is 0. The molecule has 1 aromatic heterocycles. The molecular weight excluding hydrogens is 308 g/mol. The highest BCUT2D eigenvalue weighted by Crippen LogP contribution is 2.38. The number of nitrogens with one attached hydrogen (secondary N) is 1. The fourth-order valence-electron chi connectivity index (χ4n) is 4.24. The molecule has 2 fully saturated rings. The number of carbonyl (C=O) groups is 2. The zero-order chi connectivity index (χ0) is 16.8. The van der Waals surface area contributed by atoms with Gasteiger partial charge in [0.1, 0.15) is 17.6 Å². The maximum Gasteiger partial charge on any atom is 0.258 e. The molecule has 0 radical (unpaired) electrons. The van der Waals surface area contributed by atoms with E-state index in [0.29, 0.717) is 11.1 Å². The zero-order valence-corrected chi connectivity index (χ0v) is 13.5. The average Bonchev–Trinajstić information content (AvgIpc) is 3.05. The van der Waals surface area contributed by atoms with E-state index in [2.05, 4.69) is 5.32 Å². The first-order valence-electron chi connectivity index (χ1n) is 8.33. The number of nitrogens with zero attached hydrogens (tertiary/aromatic N) is 1. The summed E-state index contributed by atoms with van der Waals surface area (Å²) < 4.78 is 5.44. The highest BCUT2D eigenvalue weighted by atomic mass is 16.3. The molecule has 2 aliphatic heterocycles. The van der Waals surface area contributed by atoms with Crippen LogP contribution < -0.4 is 5.32 Å². The SMILES string of the molecule is CC(=O)N[C@H]1C[C@H]2CC[C@@H](C1)N2C(=O)c1coc2cc(O)ccc12. The topological polar surface area (TPSA) is 82.8 Å². The number of amides is 2. The van der Waals surface area contributed by atoms with Crippen molar-refractivity contribution in [2.45, 2.75) is 50.7 Å². The molecule has 4 rings (SSSR count). The molecule has 3 atom stereocenters. The van der Waals surface area contributed by atoms with Gasteiger partial charge in [-0.3, -0.25) is 9.59 Å². The number of rotatable bonds is 2. The minimum atomic E-state index is -0.0202. The lowest BCUT2D eigenvalue weighted by molar-refractivity contribution is -0.120.